The zero-order chi connectivity index (χ0) is 10.8. The van der Waals surface area contributed by atoms with E-state index in [-0.39, 0.29) is 5.91 Å². The van der Waals surface area contributed by atoms with Crippen LogP contribution in [0.3, 0.4) is 0 Å². The maximum absolute atomic E-state index is 11.2. The van der Waals surface area contributed by atoms with Crippen molar-refractivity contribution < 1.29 is 4.79 Å². The average molecular weight is 198 g/mol. The minimum atomic E-state index is -0.0389. The topological polar surface area (TPSA) is 41.1 Å². The summed E-state index contributed by atoms with van der Waals surface area (Å²) in [5, 5.41) is 0. The number of amides is 1. The fourth-order valence-electron chi connectivity index (χ4n) is 1.01. The van der Waals surface area contributed by atoms with E-state index in [1.54, 1.807) is 13.0 Å². The van der Waals surface area contributed by atoms with Gasteiger partial charge in [0, 0.05) is 12.1 Å². The van der Waals surface area contributed by atoms with Crippen LogP contribution in [0.15, 0.2) is 11.6 Å². The first-order chi connectivity index (χ1) is 6.72. The molecule has 0 atom stereocenters. The fraction of sp³-hybridized carbons (Fsp3) is 0.727. The second-order valence-electron chi connectivity index (χ2n) is 3.41. The molecule has 0 fully saturated rings. The Balaban J connectivity index is 3.32. The monoisotopic (exact) mass is 198 g/mol. The van der Waals surface area contributed by atoms with Gasteiger partial charge in [-0.2, -0.15) is 0 Å². The van der Waals surface area contributed by atoms with Gasteiger partial charge in [-0.25, -0.2) is 5.43 Å². The number of hydrogen-bond acceptors (Lipinski definition) is 2. The lowest BCUT2D eigenvalue weighted by Gasteiger charge is -2.06. The Bertz CT molecular complexity index is 188. The molecular formula is C11H22N2O. The van der Waals surface area contributed by atoms with Crippen LogP contribution in [-0.4, -0.2) is 12.5 Å². The maximum Gasteiger partial charge on any atom is 0.260 e. The Labute approximate surface area is 86.9 Å². The van der Waals surface area contributed by atoms with Crippen molar-refractivity contribution in [2.45, 2.75) is 46.5 Å². The van der Waals surface area contributed by atoms with E-state index in [1.165, 1.54) is 19.3 Å². The number of nitrogens with one attached hydrogen (secondary N) is 2. The predicted octanol–water partition coefficient (Wildman–Crippen LogP) is 2.15. The molecule has 0 saturated heterocycles. The summed E-state index contributed by atoms with van der Waals surface area (Å²) in [7, 11) is 0. The first-order valence-corrected chi connectivity index (χ1v) is 5.38. The van der Waals surface area contributed by atoms with E-state index >= 15 is 0 Å². The van der Waals surface area contributed by atoms with Gasteiger partial charge in [-0.05, 0) is 20.3 Å². The molecule has 0 aliphatic rings. The van der Waals surface area contributed by atoms with Crippen LogP contribution >= 0.6 is 0 Å². The highest BCUT2D eigenvalue weighted by Crippen LogP contribution is 1.96. The standard InChI is InChI=1S/C11H22N2O/c1-4-6-7-8-9-12-13-11(14)10(3)5-2/h5,12H,4,6-9H2,1-3H3,(H,13,14). The highest BCUT2D eigenvalue weighted by Gasteiger charge is 1.99. The summed E-state index contributed by atoms with van der Waals surface area (Å²) in [6, 6.07) is 0. The number of hydrazine groups is 1. The van der Waals surface area contributed by atoms with Crippen LogP contribution in [0, 0.1) is 0 Å². The van der Waals surface area contributed by atoms with E-state index in [9.17, 15) is 4.79 Å². The Kier molecular flexibility index (Phi) is 8.24. The average Bonchev–Trinajstić information content (AvgIpc) is 2.21. The lowest BCUT2D eigenvalue weighted by Crippen LogP contribution is -2.38. The number of carbonyl (C=O) groups excluding carboxylic acids is 1. The van der Waals surface area contributed by atoms with E-state index in [0.29, 0.717) is 0 Å². The van der Waals surface area contributed by atoms with Crippen molar-refractivity contribution in [3.8, 4) is 0 Å². The highest BCUT2D eigenvalue weighted by atomic mass is 16.2. The van der Waals surface area contributed by atoms with Gasteiger partial charge in [-0.3, -0.25) is 10.2 Å². The van der Waals surface area contributed by atoms with E-state index in [2.05, 4.69) is 17.8 Å². The van der Waals surface area contributed by atoms with Crippen molar-refractivity contribution in [2.75, 3.05) is 6.54 Å². The molecule has 0 heterocycles. The summed E-state index contributed by atoms with van der Waals surface area (Å²) < 4.78 is 0. The Morgan fingerprint density at radius 3 is 2.57 bits per heavy atom. The molecule has 0 aliphatic heterocycles. The fourth-order valence-corrected chi connectivity index (χ4v) is 1.01. The van der Waals surface area contributed by atoms with Crippen LogP contribution in [0.4, 0.5) is 0 Å². The van der Waals surface area contributed by atoms with Gasteiger partial charge in [-0.1, -0.05) is 32.3 Å². The SMILES string of the molecule is CC=C(C)C(=O)NNCCCCCC. The van der Waals surface area contributed by atoms with Gasteiger partial charge in [0.25, 0.3) is 5.91 Å². The molecule has 1 amide bonds. The third-order valence-electron chi connectivity index (χ3n) is 2.15. The first kappa shape index (κ1) is 13.2. The molecule has 0 aromatic heterocycles. The molecule has 0 saturated carbocycles. The molecule has 2 N–H and O–H groups in total. The second kappa shape index (κ2) is 8.75. The van der Waals surface area contributed by atoms with Gasteiger partial charge in [0.05, 0.1) is 0 Å². The summed E-state index contributed by atoms with van der Waals surface area (Å²) in [4.78, 5) is 11.2. The molecule has 0 bridgehead atoms. The van der Waals surface area contributed by atoms with Gasteiger partial charge >= 0.3 is 0 Å². The van der Waals surface area contributed by atoms with Gasteiger partial charge in [0.15, 0.2) is 0 Å². The number of allylic oxidation sites excluding steroid dienone is 1. The largest absolute Gasteiger partial charge is 0.288 e. The van der Waals surface area contributed by atoms with Crippen molar-refractivity contribution in [3.63, 3.8) is 0 Å². The van der Waals surface area contributed by atoms with E-state index < -0.39 is 0 Å². The minimum Gasteiger partial charge on any atom is -0.288 e. The Morgan fingerprint density at radius 1 is 1.29 bits per heavy atom. The van der Waals surface area contributed by atoms with Crippen LogP contribution in [0.25, 0.3) is 0 Å². The van der Waals surface area contributed by atoms with Crippen LogP contribution in [-0.2, 0) is 4.79 Å². The molecular weight excluding hydrogens is 176 g/mol. The minimum absolute atomic E-state index is 0.0389. The van der Waals surface area contributed by atoms with Gasteiger partial charge in [0.2, 0.25) is 0 Å². The van der Waals surface area contributed by atoms with Crippen LogP contribution in [0.5, 0.6) is 0 Å². The van der Waals surface area contributed by atoms with Crippen LogP contribution in [0.1, 0.15) is 46.5 Å². The molecule has 0 aromatic carbocycles. The summed E-state index contributed by atoms with van der Waals surface area (Å²) in [5.41, 5.74) is 6.31. The number of carbonyl (C=O) groups is 1. The molecule has 3 heteroatoms. The lowest BCUT2D eigenvalue weighted by molar-refractivity contribution is -0.118. The zero-order valence-electron chi connectivity index (χ0n) is 9.52. The van der Waals surface area contributed by atoms with Gasteiger partial charge in [-0.15, -0.1) is 0 Å². The molecule has 0 unspecified atom stereocenters. The molecule has 0 radical (unpaired) electrons. The third kappa shape index (κ3) is 6.66. The lowest BCUT2D eigenvalue weighted by atomic mass is 10.2. The first-order valence-electron chi connectivity index (χ1n) is 5.38. The number of rotatable bonds is 7. The molecule has 0 rings (SSSR count). The Hall–Kier alpha value is -0.830. The molecule has 3 nitrogen and oxygen atoms in total. The third-order valence-corrected chi connectivity index (χ3v) is 2.15. The molecule has 82 valence electrons. The van der Waals surface area contributed by atoms with Crippen molar-refractivity contribution >= 4 is 5.91 Å². The van der Waals surface area contributed by atoms with E-state index in [1.807, 2.05) is 6.92 Å². The van der Waals surface area contributed by atoms with Gasteiger partial charge < -0.3 is 0 Å². The molecule has 0 aliphatic carbocycles. The quantitative estimate of drug-likeness (QED) is 0.374. The van der Waals surface area contributed by atoms with Gasteiger partial charge in [0.1, 0.15) is 0 Å². The van der Waals surface area contributed by atoms with Crippen molar-refractivity contribution in [1.82, 2.24) is 10.9 Å². The van der Waals surface area contributed by atoms with Crippen LogP contribution < -0.4 is 10.9 Å². The molecule has 0 aromatic rings. The summed E-state index contributed by atoms with van der Waals surface area (Å²) >= 11 is 0. The smallest absolute Gasteiger partial charge is 0.260 e. The predicted molar refractivity (Wildman–Crippen MR) is 59.7 cm³/mol. The Morgan fingerprint density at radius 2 is 2.00 bits per heavy atom. The molecule has 0 spiro atoms. The zero-order valence-corrected chi connectivity index (χ0v) is 9.52. The van der Waals surface area contributed by atoms with E-state index in [4.69, 9.17) is 0 Å². The van der Waals surface area contributed by atoms with Crippen molar-refractivity contribution in [2.24, 2.45) is 0 Å². The second-order valence-corrected chi connectivity index (χ2v) is 3.41. The van der Waals surface area contributed by atoms with Crippen molar-refractivity contribution in [3.05, 3.63) is 11.6 Å². The molecule has 14 heavy (non-hydrogen) atoms. The number of hydrogen-bond donors (Lipinski definition) is 2. The highest BCUT2D eigenvalue weighted by molar-refractivity contribution is 5.92. The maximum atomic E-state index is 11.2. The summed E-state index contributed by atoms with van der Waals surface area (Å²) in [5.74, 6) is -0.0389. The van der Waals surface area contributed by atoms with Crippen molar-refractivity contribution in [1.29, 1.82) is 0 Å². The summed E-state index contributed by atoms with van der Waals surface area (Å²) in [6.07, 6.45) is 6.65. The normalized spacial score (nSPS) is 11.5. The number of unbranched alkanes of at least 4 members (excludes halogenated alkanes) is 3. The summed E-state index contributed by atoms with van der Waals surface area (Å²) in [6.45, 7) is 6.69. The van der Waals surface area contributed by atoms with Crippen LogP contribution in [0.2, 0.25) is 0 Å². The van der Waals surface area contributed by atoms with E-state index in [0.717, 1.165) is 18.5 Å².